The number of nitrogens with one attached hydrogen (secondary N) is 2. The number of fused-ring (bicyclic) bond motifs is 1. The third kappa shape index (κ3) is 6.52. The molecule has 1 aliphatic heterocycles. The second kappa shape index (κ2) is 11.6. The van der Waals surface area contributed by atoms with E-state index < -0.39 is 28.7 Å². The first kappa shape index (κ1) is 29.4. The van der Waals surface area contributed by atoms with Crippen molar-refractivity contribution in [2.24, 2.45) is 11.7 Å². The summed E-state index contributed by atoms with van der Waals surface area (Å²) in [6, 6.07) is 0.831. The van der Waals surface area contributed by atoms with Gasteiger partial charge in [0.2, 0.25) is 17.8 Å². The van der Waals surface area contributed by atoms with Crippen LogP contribution in [-0.4, -0.2) is 61.2 Å². The zero-order valence-electron chi connectivity index (χ0n) is 23.8. The number of halogens is 3. The average Bonchev–Trinajstić information content (AvgIpc) is 3.27. The highest BCUT2D eigenvalue weighted by molar-refractivity contribution is 5.78. The minimum absolute atomic E-state index is 0.108. The van der Waals surface area contributed by atoms with Crippen LogP contribution < -0.4 is 16.4 Å². The number of nitrogens with two attached hydrogens (primary N) is 1. The molecule has 1 aromatic carbocycles. The van der Waals surface area contributed by atoms with Crippen LogP contribution in [-0.2, 0) is 9.53 Å². The molecule has 5 rings (SSSR count). The van der Waals surface area contributed by atoms with Gasteiger partial charge in [-0.05, 0) is 59.3 Å². The number of ether oxygens (including phenoxy) is 1. The number of carbonyl (C=O) groups is 2. The number of benzene rings is 1. The summed E-state index contributed by atoms with van der Waals surface area (Å²) >= 11 is 0. The zero-order chi connectivity index (χ0) is 30.2. The number of aromatic nitrogens is 4. The third-order valence-corrected chi connectivity index (χ3v) is 7.55. The van der Waals surface area contributed by atoms with Crippen LogP contribution in [0.4, 0.5) is 35.5 Å². The van der Waals surface area contributed by atoms with Gasteiger partial charge in [0.25, 0.3) is 0 Å². The molecule has 2 amide bonds. The number of nitrogens with zero attached hydrogens (tertiary/aromatic N) is 5. The highest BCUT2D eigenvalue weighted by Gasteiger charge is 2.31. The molecule has 226 valence electrons. The summed E-state index contributed by atoms with van der Waals surface area (Å²) < 4.78 is 49.9. The summed E-state index contributed by atoms with van der Waals surface area (Å²) in [5.74, 6) is -3.46. The van der Waals surface area contributed by atoms with Gasteiger partial charge in [0, 0.05) is 43.2 Å². The molecule has 1 saturated heterocycles. The van der Waals surface area contributed by atoms with E-state index in [0.29, 0.717) is 68.0 Å². The summed E-state index contributed by atoms with van der Waals surface area (Å²) in [4.78, 5) is 39.6. The standard InChI is InChI=1S/C28H35F3N8O3/c1-28(2,3)42-27(41)38-10-4-5-17(14-38)34-25-33-13-21-24(37-25)39(18-8-6-15(7-9-18)23(32)40)26(35-21)36-22-19(30)11-16(29)12-20(22)31/h11-13,15,17-18H,4-10,14H2,1-3H3,(H2,32,40)(H,35,36)(H,33,34,37)/t15-,17-,18-/m1/s1. The zero-order valence-corrected chi connectivity index (χ0v) is 23.8. The van der Waals surface area contributed by atoms with E-state index in [1.54, 1.807) is 9.47 Å². The first-order valence-corrected chi connectivity index (χ1v) is 14.1. The molecule has 2 aromatic heterocycles. The molecule has 3 heterocycles. The van der Waals surface area contributed by atoms with E-state index in [0.717, 1.165) is 12.8 Å². The van der Waals surface area contributed by atoms with E-state index in [1.807, 2.05) is 20.8 Å². The number of imidazole rings is 1. The Balaban J connectivity index is 1.44. The predicted octanol–water partition coefficient (Wildman–Crippen LogP) is 5.02. The molecule has 2 fully saturated rings. The maximum atomic E-state index is 14.6. The Morgan fingerprint density at radius 3 is 2.38 bits per heavy atom. The van der Waals surface area contributed by atoms with Crippen LogP contribution in [0.15, 0.2) is 18.3 Å². The van der Waals surface area contributed by atoms with Crippen molar-refractivity contribution in [2.45, 2.75) is 77.0 Å². The van der Waals surface area contributed by atoms with Crippen LogP contribution in [0, 0.1) is 23.4 Å². The molecule has 1 aliphatic carbocycles. The molecule has 42 heavy (non-hydrogen) atoms. The van der Waals surface area contributed by atoms with Crippen molar-refractivity contribution in [3.05, 3.63) is 35.8 Å². The fourth-order valence-electron chi connectivity index (χ4n) is 5.56. The van der Waals surface area contributed by atoms with Gasteiger partial charge in [0.1, 0.15) is 22.6 Å². The van der Waals surface area contributed by atoms with Crippen LogP contribution in [0.25, 0.3) is 11.2 Å². The average molecular weight is 589 g/mol. The lowest BCUT2D eigenvalue weighted by Crippen LogP contribution is -2.47. The van der Waals surface area contributed by atoms with E-state index in [9.17, 15) is 22.8 Å². The Labute approximate surface area is 241 Å². The van der Waals surface area contributed by atoms with E-state index in [4.69, 9.17) is 15.5 Å². The van der Waals surface area contributed by atoms with Crippen LogP contribution in [0.3, 0.4) is 0 Å². The lowest BCUT2D eigenvalue weighted by Gasteiger charge is -2.34. The number of rotatable bonds is 6. The maximum Gasteiger partial charge on any atom is 0.410 e. The first-order valence-electron chi connectivity index (χ1n) is 14.1. The van der Waals surface area contributed by atoms with Crippen molar-refractivity contribution in [1.82, 2.24) is 24.4 Å². The molecule has 3 aromatic rings. The lowest BCUT2D eigenvalue weighted by atomic mass is 9.85. The normalized spacial score (nSPS) is 21.3. The summed E-state index contributed by atoms with van der Waals surface area (Å²) in [6.45, 7) is 6.44. The minimum atomic E-state index is -1.11. The van der Waals surface area contributed by atoms with Gasteiger partial charge in [-0.2, -0.15) is 4.98 Å². The van der Waals surface area contributed by atoms with Gasteiger partial charge in [-0.15, -0.1) is 0 Å². The second-order valence-electron chi connectivity index (χ2n) is 11.9. The Morgan fingerprint density at radius 2 is 1.74 bits per heavy atom. The number of likely N-dealkylation sites (tertiary alicyclic amines) is 1. The minimum Gasteiger partial charge on any atom is -0.444 e. The number of primary amides is 1. The molecule has 1 atom stereocenters. The number of piperidine rings is 1. The van der Waals surface area contributed by atoms with Crippen molar-refractivity contribution in [3.63, 3.8) is 0 Å². The van der Waals surface area contributed by atoms with E-state index >= 15 is 0 Å². The molecule has 11 nitrogen and oxygen atoms in total. The topological polar surface area (TPSA) is 140 Å². The quantitative estimate of drug-likeness (QED) is 0.365. The van der Waals surface area contributed by atoms with Gasteiger partial charge in [0.15, 0.2) is 17.3 Å². The van der Waals surface area contributed by atoms with Gasteiger partial charge in [-0.25, -0.2) is 27.9 Å². The fourth-order valence-corrected chi connectivity index (χ4v) is 5.56. The summed E-state index contributed by atoms with van der Waals surface area (Å²) in [5, 5.41) is 5.99. The van der Waals surface area contributed by atoms with Crippen molar-refractivity contribution in [3.8, 4) is 0 Å². The van der Waals surface area contributed by atoms with Gasteiger partial charge < -0.3 is 26.0 Å². The monoisotopic (exact) mass is 588 g/mol. The van der Waals surface area contributed by atoms with Crippen LogP contribution in [0.1, 0.15) is 65.3 Å². The number of amides is 2. The second-order valence-corrected chi connectivity index (χ2v) is 11.9. The van der Waals surface area contributed by atoms with Gasteiger partial charge in [-0.3, -0.25) is 9.36 Å². The van der Waals surface area contributed by atoms with E-state index in [-0.39, 0.29) is 36.0 Å². The van der Waals surface area contributed by atoms with Crippen molar-refractivity contribution in [2.75, 3.05) is 23.7 Å². The molecule has 0 bridgehead atoms. The Morgan fingerprint density at radius 1 is 1.05 bits per heavy atom. The Kier molecular flexibility index (Phi) is 8.15. The molecule has 0 radical (unpaired) electrons. The highest BCUT2D eigenvalue weighted by Crippen LogP contribution is 2.37. The van der Waals surface area contributed by atoms with Crippen LogP contribution in [0.2, 0.25) is 0 Å². The molecule has 1 saturated carbocycles. The van der Waals surface area contributed by atoms with Crippen molar-refractivity contribution >= 4 is 40.7 Å². The Hall–Kier alpha value is -4.10. The van der Waals surface area contributed by atoms with Crippen molar-refractivity contribution < 1.29 is 27.5 Å². The fraction of sp³-hybridized carbons (Fsp3) is 0.536. The summed E-state index contributed by atoms with van der Waals surface area (Å²) in [5.41, 5.74) is 5.16. The summed E-state index contributed by atoms with van der Waals surface area (Å²) in [7, 11) is 0. The number of carbonyl (C=O) groups excluding carboxylic acids is 2. The molecular formula is C28H35F3N8O3. The van der Waals surface area contributed by atoms with Crippen molar-refractivity contribution in [1.29, 1.82) is 0 Å². The maximum absolute atomic E-state index is 14.6. The first-order chi connectivity index (χ1) is 19.9. The van der Waals surface area contributed by atoms with Gasteiger partial charge in [0.05, 0.1) is 6.20 Å². The number of anilines is 3. The molecular weight excluding hydrogens is 553 g/mol. The third-order valence-electron chi connectivity index (χ3n) is 7.55. The largest absolute Gasteiger partial charge is 0.444 e. The Bertz CT molecular complexity index is 1460. The smallest absolute Gasteiger partial charge is 0.410 e. The molecule has 0 unspecified atom stereocenters. The van der Waals surface area contributed by atoms with Crippen LogP contribution >= 0.6 is 0 Å². The van der Waals surface area contributed by atoms with Crippen LogP contribution in [0.5, 0.6) is 0 Å². The lowest BCUT2D eigenvalue weighted by molar-refractivity contribution is -0.122. The summed E-state index contributed by atoms with van der Waals surface area (Å²) in [6.07, 6.45) is 4.87. The van der Waals surface area contributed by atoms with E-state index in [2.05, 4.69) is 20.6 Å². The molecule has 4 N–H and O–H groups in total. The molecule has 2 aliphatic rings. The van der Waals surface area contributed by atoms with Gasteiger partial charge >= 0.3 is 6.09 Å². The predicted molar refractivity (Wildman–Crippen MR) is 150 cm³/mol. The number of hydrogen-bond acceptors (Lipinski definition) is 8. The van der Waals surface area contributed by atoms with Gasteiger partial charge in [-0.1, -0.05) is 0 Å². The number of hydrogen-bond donors (Lipinski definition) is 3. The molecule has 0 spiro atoms. The highest BCUT2D eigenvalue weighted by atomic mass is 19.1. The molecule has 14 heteroatoms. The SMILES string of the molecule is CC(C)(C)OC(=O)N1CCC[C@@H](Nc2ncc3nc(Nc4c(F)cc(F)cc4F)n([C@H]4CC[C@H](C(N)=O)CC4)c3n2)C1. The van der Waals surface area contributed by atoms with E-state index in [1.165, 1.54) is 6.20 Å².